The maximum absolute atomic E-state index is 13.3. The monoisotopic (exact) mass is 289 g/mol. The number of nitrogens with one attached hydrogen (secondary N) is 1. The van der Waals surface area contributed by atoms with Crippen LogP contribution >= 0.6 is 0 Å². The molecule has 0 fully saturated rings. The highest BCUT2D eigenvalue weighted by atomic mass is 19.1. The third-order valence-electron chi connectivity index (χ3n) is 3.86. The van der Waals surface area contributed by atoms with Gasteiger partial charge in [0.1, 0.15) is 5.82 Å². The number of nitrogens with zero attached hydrogens (tertiary/aromatic N) is 2. The highest BCUT2D eigenvalue weighted by molar-refractivity contribution is 5.26. The van der Waals surface area contributed by atoms with Crippen LogP contribution in [-0.2, 0) is 13.0 Å². The maximum atomic E-state index is 13.3. The van der Waals surface area contributed by atoms with E-state index in [-0.39, 0.29) is 5.82 Å². The zero-order valence-electron chi connectivity index (χ0n) is 13.3. The van der Waals surface area contributed by atoms with Crippen molar-refractivity contribution in [1.29, 1.82) is 0 Å². The van der Waals surface area contributed by atoms with E-state index in [4.69, 9.17) is 0 Å². The van der Waals surface area contributed by atoms with E-state index in [1.54, 1.807) is 12.1 Å². The van der Waals surface area contributed by atoms with Gasteiger partial charge < -0.3 is 5.32 Å². The van der Waals surface area contributed by atoms with E-state index in [1.807, 2.05) is 17.8 Å². The van der Waals surface area contributed by atoms with Crippen molar-refractivity contribution in [2.24, 2.45) is 5.92 Å². The molecule has 2 aromatic rings. The lowest BCUT2D eigenvalue weighted by atomic mass is 9.99. The highest BCUT2D eigenvalue weighted by Gasteiger charge is 2.14. The van der Waals surface area contributed by atoms with Crippen molar-refractivity contribution in [2.75, 3.05) is 13.6 Å². The molecule has 3 nitrogen and oxygen atoms in total. The molecule has 1 heterocycles. The maximum Gasteiger partial charge on any atom is 0.123 e. The minimum absolute atomic E-state index is 0.197. The van der Waals surface area contributed by atoms with Crippen LogP contribution in [0, 0.1) is 25.6 Å². The van der Waals surface area contributed by atoms with Gasteiger partial charge in [-0.25, -0.2) is 4.39 Å². The molecule has 0 aliphatic heterocycles. The van der Waals surface area contributed by atoms with Crippen molar-refractivity contribution in [3.8, 4) is 0 Å². The standard InChI is InChI=1S/C17H24FN3/c1-12(10-19-4)8-17-13(2)20-21(14(17)3)11-15-6-5-7-16(18)9-15/h5-7,9,12,19H,8,10-11H2,1-4H3. The van der Waals surface area contributed by atoms with E-state index in [9.17, 15) is 4.39 Å². The smallest absolute Gasteiger partial charge is 0.123 e. The first-order valence-corrected chi connectivity index (χ1v) is 7.43. The van der Waals surface area contributed by atoms with Gasteiger partial charge in [-0.2, -0.15) is 5.10 Å². The molecule has 0 saturated carbocycles. The molecule has 0 spiro atoms. The summed E-state index contributed by atoms with van der Waals surface area (Å²) in [5.74, 6) is 0.371. The van der Waals surface area contributed by atoms with Crippen molar-refractivity contribution in [3.05, 3.63) is 52.6 Å². The van der Waals surface area contributed by atoms with Gasteiger partial charge in [0, 0.05) is 5.69 Å². The molecule has 1 atom stereocenters. The molecule has 0 aliphatic rings. The van der Waals surface area contributed by atoms with Gasteiger partial charge in [0.05, 0.1) is 12.2 Å². The fourth-order valence-corrected chi connectivity index (χ4v) is 2.76. The molecule has 0 amide bonds. The summed E-state index contributed by atoms with van der Waals surface area (Å²) in [5, 5.41) is 7.83. The zero-order chi connectivity index (χ0) is 15.4. The Hall–Kier alpha value is -1.68. The van der Waals surface area contributed by atoms with Gasteiger partial charge in [-0.1, -0.05) is 19.1 Å². The third kappa shape index (κ3) is 3.91. The van der Waals surface area contributed by atoms with Crippen LogP contribution in [-0.4, -0.2) is 23.4 Å². The highest BCUT2D eigenvalue weighted by Crippen LogP contribution is 2.18. The average molecular weight is 289 g/mol. The Balaban J connectivity index is 2.18. The molecule has 1 N–H and O–H groups in total. The van der Waals surface area contributed by atoms with Crippen LogP contribution in [0.1, 0.15) is 29.4 Å². The first kappa shape index (κ1) is 15.7. The first-order chi connectivity index (χ1) is 10.0. The van der Waals surface area contributed by atoms with Crippen LogP contribution in [0.25, 0.3) is 0 Å². The molecule has 1 aromatic carbocycles. The largest absolute Gasteiger partial charge is 0.319 e. The van der Waals surface area contributed by atoms with Gasteiger partial charge in [0.2, 0.25) is 0 Å². The average Bonchev–Trinajstić information content (AvgIpc) is 2.67. The Kier molecular flexibility index (Phi) is 5.12. The van der Waals surface area contributed by atoms with Crippen LogP contribution in [0.5, 0.6) is 0 Å². The Morgan fingerprint density at radius 2 is 2.10 bits per heavy atom. The van der Waals surface area contributed by atoms with E-state index in [1.165, 1.54) is 17.3 Å². The van der Waals surface area contributed by atoms with Crippen molar-refractivity contribution in [3.63, 3.8) is 0 Å². The molecule has 1 aromatic heterocycles. The lowest BCUT2D eigenvalue weighted by molar-refractivity contribution is 0.538. The van der Waals surface area contributed by atoms with Gasteiger partial charge in [-0.15, -0.1) is 0 Å². The molecular weight excluding hydrogens is 265 g/mol. The summed E-state index contributed by atoms with van der Waals surface area (Å²) < 4.78 is 15.3. The number of aryl methyl sites for hydroxylation is 1. The number of benzene rings is 1. The minimum atomic E-state index is -0.197. The number of hydrogen-bond acceptors (Lipinski definition) is 2. The second-order valence-corrected chi connectivity index (χ2v) is 5.80. The molecule has 0 aliphatic carbocycles. The number of rotatable bonds is 6. The van der Waals surface area contributed by atoms with E-state index >= 15 is 0 Å². The Labute approximate surface area is 126 Å². The normalized spacial score (nSPS) is 12.6. The van der Waals surface area contributed by atoms with Crippen molar-refractivity contribution >= 4 is 0 Å². The molecule has 2 rings (SSSR count). The summed E-state index contributed by atoms with van der Waals surface area (Å²) in [4.78, 5) is 0. The van der Waals surface area contributed by atoms with E-state index < -0.39 is 0 Å². The summed E-state index contributed by atoms with van der Waals surface area (Å²) >= 11 is 0. The first-order valence-electron chi connectivity index (χ1n) is 7.43. The molecule has 0 radical (unpaired) electrons. The van der Waals surface area contributed by atoms with Crippen LogP contribution < -0.4 is 5.32 Å². The van der Waals surface area contributed by atoms with Gasteiger partial charge >= 0.3 is 0 Å². The van der Waals surface area contributed by atoms with Crippen molar-refractivity contribution in [1.82, 2.24) is 15.1 Å². The van der Waals surface area contributed by atoms with Crippen LogP contribution in [0.4, 0.5) is 4.39 Å². The summed E-state index contributed by atoms with van der Waals surface area (Å²) in [6.45, 7) is 8.00. The van der Waals surface area contributed by atoms with Crippen LogP contribution in [0.15, 0.2) is 24.3 Å². The molecule has 21 heavy (non-hydrogen) atoms. The Morgan fingerprint density at radius 1 is 1.33 bits per heavy atom. The second kappa shape index (κ2) is 6.85. The molecule has 0 saturated heterocycles. The zero-order valence-corrected chi connectivity index (χ0v) is 13.3. The van der Waals surface area contributed by atoms with Crippen molar-refractivity contribution in [2.45, 2.75) is 33.7 Å². The SMILES string of the molecule is CNCC(C)Cc1c(C)nn(Cc2cccc(F)c2)c1C. The van der Waals surface area contributed by atoms with Crippen LogP contribution in [0.3, 0.4) is 0 Å². The molecule has 4 heteroatoms. The number of aromatic nitrogens is 2. The summed E-state index contributed by atoms with van der Waals surface area (Å²) in [6, 6.07) is 6.71. The predicted octanol–water partition coefficient (Wildman–Crippen LogP) is 3.09. The summed E-state index contributed by atoms with van der Waals surface area (Å²) in [7, 11) is 1.98. The van der Waals surface area contributed by atoms with Crippen LogP contribution in [0.2, 0.25) is 0 Å². The second-order valence-electron chi connectivity index (χ2n) is 5.80. The number of halogens is 1. The molecule has 114 valence electrons. The quantitative estimate of drug-likeness (QED) is 0.885. The Bertz CT molecular complexity index is 604. The topological polar surface area (TPSA) is 29.9 Å². The molecule has 1 unspecified atom stereocenters. The number of hydrogen-bond donors (Lipinski definition) is 1. The summed E-state index contributed by atoms with van der Waals surface area (Å²) in [6.07, 6.45) is 1.02. The van der Waals surface area contributed by atoms with E-state index in [2.05, 4.69) is 31.2 Å². The lowest BCUT2D eigenvalue weighted by Gasteiger charge is -2.11. The third-order valence-corrected chi connectivity index (χ3v) is 3.86. The van der Waals surface area contributed by atoms with Gasteiger partial charge in [0.25, 0.3) is 0 Å². The van der Waals surface area contributed by atoms with Gasteiger partial charge in [-0.3, -0.25) is 4.68 Å². The van der Waals surface area contributed by atoms with E-state index in [0.29, 0.717) is 12.5 Å². The minimum Gasteiger partial charge on any atom is -0.319 e. The predicted molar refractivity (Wildman–Crippen MR) is 84.0 cm³/mol. The summed E-state index contributed by atoms with van der Waals surface area (Å²) in [5.41, 5.74) is 4.51. The molecule has 0 bridgehead atoms. The van der Waals surface area contributed by atoms with E-state index in [0.717, 1.165) is 24.2 Å². The van der Waals surface area contributed by atoms with Gasteiger partial charge in [-0.05, 0) is 63.0 Å². The Morgan fingerprint density at radius 3 is 2.76 bits per heavy atom. The fourth-order valence-electron chi connectivity index (χ4n) is 2.76. The molecular formula is C17H24FN3. The van der Waals surface area contributed by atoms with Crippen molar-refractivity contribution < 1.29 is 4.39 Å². The van der Waals surface area contributed by atoms with Gasteiger partial charge in [0.15, 0.2) is 0 Å². The lowest BCUT2D eigenvalue weighted by Crippen LogP contribution is -2.18. The fraction of sp³-hybridized carbons (Fsp3) is 0.471.